The predicted molar refractivity (Wildman–Crippen MR) is 71.2 cm³/mol. The maximum atomic E-state index is 10.6. The fourth-order valence-corrected chi connectivity index (χ4v) is 3.07. The Hall–Kier alpha value is -1.10. The average molecular weight is 266 g/mol. The number of aromatic nitrogens is 1. The number of aryl methyl sites for hydroxylation is 1. The summed E-state index contributed by atoms with van der Waals surface area (Å²) in [5, 5.41) is 11.8. The maximum absolute atomic E-state index is 10.6. The summed E-state index contributed by atoms with van der Waals surface area (Å²) >= 11 is 1.67. The average Bonchev–Trinajstić information content (AvgIpc) is 3.23. The third-order valence-corrected chi connectivity index (χ3v) is 4.45. The molecule has 1 heterocycles. The van der Waals surface area contributed by atoms with Crippen molar-refractivity contribution in [1.29, 1.82) is 0 Å². The molecule has 0 atom stereocenters. The normalized spacial score (nSPS) is 18.9. The van der Waals surface area contributed by atoms with Crippen LogP contribution in [0.3, 0.4) is 0 Å². The van der Waals surface area contributed by atoms with Gasteiger partial charge < -0.3 is 10.0 Å². The fraction of sp³-hybridized carbons (Fsp3) is 0.692. The smallest absolute Gasteiger partial charge is 0.303 e. The molecule has 18 heavy (non-hydrogen) atoms. The summed E-state index contributed by atoms with van der Waals surface area (Å²) in [6.07, 6.45) is 6.03. The van der Waals surface area contributed by atoms with E-state index in [1.807, 2.05) is 5.38 Å². The highest BCUT2D eigenvalue weighted by Gasteiger charge is 2.35. The Morgan fingerprint density at radius 3 is 2.83 bits per heavy atom. The standard InChI is InChI=1S/C13H18N2O2S/c16-12(17)6-3-10-8-18-13(14-10)15(11-4-5-11)7-9-1-2-9/h8-9,11H,1-7H2,(H,16,17). The first-order chi connectivity index (χ1) is 8.72. The second kappa shape index (κ2) is 4.88. The van der Waals surface area contributed by atoms with E-state index in [9.17, 15) is 4.79 Å². The SMILES string of the molecule is O=C(O)CCc1csc(N(CC2CC2)C2CC2)n1. The lowest BCUT2D eigenvalue weighted by Gasteiger charge is -2.21. The third kappa shape index (κ3) is 3.02. The van der Waals surface area contributed by atoms with Crippen LogP contribution in [0.25, 0.3) is 0 Å². The number of rotatable bonds is 7. The molecule has 5 heteroatoms. The topological polar surface area (TPSA) is 53.4 Å². The first-order valence-corrected chi connectivity index (χ1v) is 7.53. The zero-order chi connectivity index (χ0) is 12.5. The lowest BCUT2D eigenvalue weighted by molar-refractivity contribution is -0.136. The molecule has 1 aromatic rings. The minimum Gasteiger partial charge on any atom is -0.481 e. The Morgan fingerprint density at radius 2 is 2.22 bits per heavy atom. The third-order valence-electron chi connectivity index (χ3n) is 3.52. The number of nitrogens with zero attached hydrogens (tertiary/aromatic N) is 2. The molecule has 0 spiro atoms. The fourth-order valence-electron chi connectivity index (χ4n) is 2.13. The molecule has 0 unspecified atom stereocenters. The number of carboxylic acid groups (broad SMARTS) is 1. The Bertz CT molecular complexity index is 438. The first-order valence-electron chi connectivity index (χ1n) is 6.65. The summed E-state index contributed by atoms with van der Waals surface area (Å²) in [6, 6.07) is 0.698. The van der Waals surface area contributed by atoms with Gasteiger partial charge in [-0.15, -0.1) is 11.3 Å². The van der Waals surface area contributed by atoms with E-state index in [4.69, 9.17) is 5.11 Å². The van der Waals surface area contributed by atoms with Crippen LogP contribution in [0, 0.1) is 5.92 Å². The summed E-state index contributed by atoms with van der Waals surface area (Å²) in [7, 11) is 0. The largest absolute Gasteiger partial charge is 0.481 e. The second-order valence-electron chi connectivity index (χ2n) is 5.34. The molecule has 0 aliphatic heterocycles. The molecule has 1 aromatic heterocycles. The van der Waals surface area contributed by atoms with Crippen LogP contribution in [-0.2, 0) is 11.2 Å². The van der Waals surface area contributed by atoms with Crippen LogP contribution in [0.5, 0.6) is 0 Å². The summed E-state index contributed by atoms with van der Waals surface area (Å²) in [4.78, 5) is 17.6. The molecular formula is C13H18N2O2S. The molecule has 0 amide bonds. The molecule has 3 rings (SSSR count). The molecular weight excluding hydrogens is 248 g/mol. The predicted octanol–water partition coefficient (Wildman–Crippen LogP) is 2.54. The van der Waals surface area contributed by atoms with E-state index in [-0.39, 0.29) is 6.42 Å². The van der Waals surface area contributed by atoms with Crippen molar-refractivity contribution in [2.75, 3.05) is 11.4 Å². The maximum Gasteiger partial charge on any atom is 0.303 e. The van der Waals surface area contributed by atoms with Gasteiger partial charge in [-0.05, 0) is 31.6 Å². The molecule has 2 saturated carbocycles. The molecule has 2 aliphatic carbocycles. The number of anilines is 1. The van der Waals surface area contributed by atoms with Crippen LogP contribution in [0.15, 0.2) is 5.38 Å². The molecule has 2 aliphatic rings. The van der Waals surface area contributed by atoms with Crippen molar-refractivity contribution >= 4 is 22.4 Å². The van der Waals surface area contributed by atoms with E-state index in [0.717, 1.165) is 23.3 Å². The van der Waals surface area contributed by atoms with Crippen molar-refractivity contribution in [2.24, 2.45) is 5.92 Å². The summed E-state index contributed by atoms with van der Waals surface area (Å²) < 4.78 is 0. The zero-order valence-corrected chi connectivity index (χ0v) is 11.2. The Labute approximate surface area is 111 Å². The van der Waals surface area contributed by atoms with Crippen molar-refractivity contribution < 1.29 is 9.90 Å². The minimum atomic E-state index is -0.749. The molecule has 98 valence electrons. The lowest BCUT2D eigenvalue weighted by Crippen LogP contribution is -2.27. The molecule has 4 nitrogen and oxygen atoms in total. The van der Waals surface area contributed by atoms with Gasteiger partial charge in [-0.1, -0.05) is 0 Å². The van der Waals surface area contributed by atoms with Gasteiger partial charge in [0.15, 0.2) is 5.13 Å². The number of hydrogen-bond donors (Lipinski definition) is 1. The quantitative estimate of drug-likeness (QED) is 0.824. The molecule has 0 bridgehead atoms. The number of thiazole rings is 1. The second-order valence-corrected chi connectivity index (χ2v) is 6.18. The summed E-state index contributed by atoms with van der Waals surface area (Å²) in [5.41, 5.74) is 0.929. The van der Waals surface area contributed by atoms with Crippen molar-refractivity contribution in [2.45, 2.75) is 44.6 Å². The van der Waals surface area contributed by atoms with Crippen molar-refractivity contribution in [3.63, 3.8) is 0 Å². The van der Waals surface area contributed by atoms with Gasteiger partial charge in [-0.2, -0.15) is 0 Å². The molecule has 2 fully saturated rings. The molecule has 1 N–H and O–H groups in total. The van der Waals surface area contributed by atoms with Gasteiger partial charge in [-0.25, -0.2) is 4.98 Å². The summed E-state index contributed by atoms with van der Waals surface area (Å²) in [6.45, 7) is 1.15. The van der Waals surface area contributed by atoms with E-state index in [2.05, 4.69) is 9.88 Å². The van der Waals surface area contributed by atoms with E-state index in [0.29, 0.717) is 12.5 Å². The van der Waals surface area contributed by atoms with Gasteiger partial charge in [0.25, 0.3) is 0 Å². The summed E-state index contributed by atoms with van der Waals surface area (Å²) in [5.74, 6) is 0.124. The van der Waals surface area contributed by atoms with Gasteiger partial charge in [0, 0.05) is 24.4 Å². The van der Waals surface area contributed by atoms with Gasteiger partial charge in [0.2, 0.25) is 0 Å². The molecule has 0 radical (unpaired) electrons. The van der Waals surface area contributed by atoms with E-state index >= 15 is 0 Å². The van der Waals surface area contributed by atoms with Gasteiger partial charge in [0.05, 0.1) is 12.1 Å². The molecule has 0 aromatic carbocycles. The Balaban J connectivity index is 1.63. The van der Waals surface area contributed by atoms with Crippen LogP contribution >= 0.6 is 11.3 Å². The van der Waals surface area contributed by atoms with Gasteiger partial charge >= 0.3 is 5.97 Å². The minimum absolute atomic E-state index is 0.176. The van der Waals surface area contributed by atoms with Crippen LogP contribution in [0.2, 0.25) is 0 Å². The number of aliphatic carboxylic acids is 1. The molecule has 0 saturated heterocycles. The van der Waals surface area contributed by atoms with Crippen LogP contribution in [-0.4, -0.2) is 28.6 Å². The van der Waals surface area contributed by atoms with Crippen molar-refractivity contribution in [3.8, 4) is 0 Å². The first kappa shape index (κ1) is 12.0. The number of hydrogen-bond acceptors (Lipinski definition) is 4. The van der Waals surface area contributed by atoms with Crippen LogP contribution < -0.4 is 4.90 Å². The van der Waals surface area contributed by atoms with Crippen LogP contribution in [0.1, 0.15) is 37.8 Å². The van der Waals surface area contributed by atoms with Crippen molar-refractivity contribution in [1.82, 2.24) is 4.98 Å². The van der Waals surface area contributed by atoms with Gasteiger partial charge in [0.1, 0.15) is 0 Å². The zero-order valence-electron chi connectivity index (χ0n) is 10.3. The van der Waals surface area contributed by atoms with E-state index in [1.165, 1.54) is 25.7 Å². The highest BCUT2D eigenvalue weighted by atomic mass is 32.1. The number of carboxylic acids is 1. The van der Waals surface area contributed by atoms with E-state index < -0.39 is 5.97 Å². The van der Waals surface area contributed by atoms with Gasteiger partial charge in [-0.3, -0.25) is 4.79 Å². The Morgan fingerprint density at radius 1 is 1.44 bits per heavy atom. The highest BCUT2D eigenvalue weighted by molar-refractivity contribution is 7.13. The Kier molecular flexibility index (Phi) is 3.24. The lowest BCUT2D eigenvalue weighted by atomic mass is 10.2. The highest BCUT2D eigenvalue weighted by Crippen LogP contribution is 2.38. The monoisotopic (exact) mass is 266 g/mol. The number of carbonyl (C=O) groups is 1. The van der Waals surface area contributed by atoms with E-state index in [1.54, 1.807) is 11.3 Å². The van der Waals surface area contributed by atoms with Crippen molar-refractivity contribution in [3.05, 3.63) is 11.1 Å². The van der Waals surface area contributed by atoms with Crippen LogP contribution in [0.4, 0.5) is 5.13 Å².